The van der Waals surface area contributed by atoms with Gasteiger partial charge in [-0.15, -0.1) is 0 Å². The molecule has 0 radical (unpaired) electrons. The fourth-order valence-corrected chi connectivity index (χ4v) is 1.18. The van der Waals surface area contributed by atoms with E-state index in [1.807, 2.05) is 30.3 Å². The van der Waals surface area contributed by atoms with Crippen molar-refractivity contribution in [2.24, 2.45) is 5.18 Å². The van der Waals surface area contributed by atoms with Crippen LogP contribution in [0.25, 0.3) is 0 Å². The van der Waals surface area contributed by atoms with Gasteiger partial charge < -0.3 is 5.11 Å². The van der Waals surface area contributed by atoms with E-state index < -0.39 is 6.10 Å². The van der Waals surface area contributed by atoms with Gasteiger partial charge in [-0.2, -0.15) is 4.91 Å². The molecular weight excluding hydrogens is 166 g/mol. The Hall–Kier alpha value is -1.22. The van der Waals surface area contributed by atoms with Crippen LogP contribution in [0.2, 0.25) is 0 Å². The minimum atomic E-state index is -0.589. The van der Waals surface area contributed by atoms with E-state index in [1.165, 1.54) is 0 Å². The highest BCUT2D eigenvalue weighted by atomic mass is 16.3. The summed E-state index contributed by atoms with van der Waals surface area (Å²) in [4.78, 5) is 10.1. The molecule has 0 saturated heterocycles. The van der Waals surface area contributed by atoms with Gasteiger partial charge in [0, 0.05) is 6.42 Å². The van der Waals surface area contributed by atoms with Crippen LogP contribution in [-0.2, 0) is 0 Å². The molecule has 0 bridgehead atoms. The van der Waals surface area contributed by atoms with Crippen molar-refractivity contribution in [2.75, 3.05) is 0 Å². The fraction of sp³-hybridized carbons (Fsp3) is 0.400. The van der Waals surface area contributed by atoms with Crippen LogP contribution in [0.4, 0.5) is 0 Å². The maximum absolute atomic E-state index is 10.1. The van der Waals surface area contributed by atoms with Crippen molar-refractivity contribution < 1.29 is 5.11 Å². The maximum Gasteiger partial charge on any atom is 0.0919 e. The van der Waals surface area contributed by atoms with Crippen molar-refractivity contribution in [3.63, 3.8) is 0 Å². The third kappa shape index (κ3) is 2.95. The smallest absolute Gasteiger partial charge is 0.0919 e. The number of benzene rings is 1. The summed E-state index contributed by atoms with van der Waals surface area (Å²) < 4.78 is 0. The summed E-state index contributed by atoms with van der Waals surface area (Å²) >= 11 is 0. The van der Waals surface area contributed by atoms with E-state index in [0.29, 0.717) is 6.42 Å². The number of aliphatic hydroxyl groups excluding tert-OH is 1. The van der Waals surface area contributed by atoms with Gasteiger partial charge in [0.15, 0.2) is 0 Å². The van der Waals surface area contributed by atoms with Crippen LogP contribution in [0.3, 0.4) is 0 Å². The summed E-state index contributed by atoms with van der Waals surface area (Å²) in [6.45, 7) is 1.69. The summed E-state index contributed by atoms with van der Waals surface area (Å²) in [5.41, 5.74) is 0.831. The second-order valence-electron chi connectivity index (χ2n) is 3.12. The van der Waals surface area contributed by atoms with Gasteiger partial charge in [-0.3, -0.25) is 0 Å². The average Bonchev–Trinajstić information content (AvgIpc) is 2.19. The molecule has 0 aliphatic carbocycles. The molecule has 0 aliphatic rings. The lowest BCUT2D eigenvalue weighted by atomic mass is 10.0. The molecule has 3 nitrogen and oxygen atoms in total. The van der Waals surface area contributed by atoms with Gasteiger partial charge in [0.1, 0.15) is 0 Å². The Labute approximate surface area is 77.4 Å². The van der Waals surface area contributed by atoms with E-state index in [9.17, 15) is 10.0 Å². The fourth-order valence-electron chi connectivity index (χ4n) is 1.18. The third-order valence-electron chi connectivity index (χ3n) is 1.93. The molecule has 0 fully saturated rings. The van der Waals surface area contributed by atoms with Gasteiger partial charge in [0.05, 0.1) is 12.1 Å². The second-order valence-corrected chi connectivity index (χ2v) is 3.12. The van der Waals surface area contributed by atoms with E-state index in [2.05, 4.69) is 5.18 Å². The van der Waals surface area contributed by atoms with Crippen molar-refractivity contribution in [2.45, 2.75) is 25.5 Å². The Morgan fingerprint density at radius 1 is 1.38 bits per heavy atom. The standard InChI is InChI=1S/C10H13NO2/c1-8(11-13)7-10(12)9-5-3-2-4-6-9/h2-6,8,10,12H,7H2,1H3. The highest BCUT2D eigenvalue weighted by Gasteiger charge is 2.11. The number of rotatable bonds is 4. The van der Waals surface area contributed by atoms with Crippen LogP contribution < -0.4 is 0 Å². The molecule has 1 N–H and O–H groups in total. The molecule has 70 valence electrons. The van der Waals surface area contributed by atoms with Crippen molar-refractivity contribution in [1.29, 1.82) is 0 Å². The van der Waals surface area contributed by atoms with Gasteiger partial charge in [0.2, 0.25) is 0 Å². The minimum absolute atomic E-state index is 0.338. The minimum Gasteiger partial charge on any atom is -0.388 e. The zero-order valence-electron chi connectivity index (χ0n) is 7.55. The molecule has 1 aromatic rings. The van der Waals surface area contributed by atoms with Crippen LogP contribution in [0, 0.1) is 4.91 Å². The Balaban J connectivity index is 2.58. The molecule has 3 heteroatoms. The normalized spacial score (nSPS) is 14.9. The lowest BCUT2D eigenvalue weighted by molar-refractivity contribution is 0.160. The van der Waals surface area contributed by atoms with Gasteiger partial charge in [-0.25, -0.2) is 0 Å². The first-order valence-electron chi connectivity index (χ1n) is 4.29. The highest BCUT2D eigenvalue weighted by molar-refractivity contribution is 5.17. The van der Waals surface area contributed by atoms with Crippen LogP contribution in [0.15, 0.2) is 35.5 Å². The van der Waals surface area contributed by atoms with E-state index in [4.69, 9.17) is 0 Å². The predicted octanol–water partition coefficient (Wildman–Crippen LogP) is 2.27. The lowest BCUT2D eigenvalue weighted by Gasteiger charge is -2.11. The summed E-state index contributed by atoms with van der Waals surface area (Å²) in [5.74, 6) is 0. The molecule has 0 amide bonds. The largest absolute Gasteiger partial charge is 0.388 e. The number of nitrogens with zero attached hydrogens (tertiary/aromatic N) is 1. The first-order valence-corrected chi connectivity index (χ1v) is 4.29. The van der Waals surface area contributed by atoms with Crippen LogP contribution in [-0.4, -0.2) is 11.1 Å². The molecule has 1 rings (SSSR count). The number of hydrogen-bond acceptors (Lipinski definition) is 3. The van der Waals surface area contributed by atoms with E-state index in [0.717, 1.165) is 5.56 Å². The Morgan fingerprint density at radius 3 is 2.54 bits per heavy atom. The molecular formula is C10H13NO2. The molecule has 2 atom stereocenters. The Kier molecular flexibility index (Phi) is 3.58. The summed E-state index contributed by atoms with van der Waals surface area (Å²) in [7, 11) is 0. The van der Waals surface area contributed by atoms with Gasteiger partial charge in [-0.05, 0) is 12.5 Å². The maximum atomic E-state index is 10.1. The van der Waals surface area contributed by atoms with E-state index in [1.54, 1.807) is 6.92 Å². The Bertz CT molecular complexity index is 261. The molecule has 0 saturated carbocycles. The molecule has 0 spiro atoms. The third-order valence-corrected chi connectivity index (χ3v) is 1.93. The van der Waals surface area contributed by atoms with Crippen molar-refractivity contribution >= 4 is 0 Å². The summed E-state index contributed by atoms with van der Waals surface area (Å²) in [5, 5.41) is 12.5. The second kappa shape index (κ2) is 4.72. The van der Waals surface area contributed by atoms with E-state index >= 15 is 0 Å². The zero-order valence-corrected chi connectivity index (χ0v) is 7.55. The van der Waals surface area contributed by atoms with Gasteiger partial charge in [-0.1, -0.05) is 35.5 Å². The van der Waals surface area contributed by atoms with E-state index in [-0.39, 0.29) is 6.04 Å². The first kappa shape index (κ1) is 9.86. The number of hydrogen-bond donors (Lipinski definition) is 1. The highest BCUT2D eigenvalue weighted by Crippen LogP contribution is 2.18. The molecule has 2 unspecified atom stereocenters. The summed E-state index contributed by atoms with van der Waals surface area (Å²) in [6, 6.07) is 8.94. The Morgan fingerprint density at radius 2 is 2.00 bits per heavy atom. The first-order chi connectivity index (χ1) is 6.24. The molecule has 1 aromatic carbocycles. The molecule has 0 aliphatic heterocycles. The number of aliphatic hydroxyl groups is 1. The van der Waals surface area contributed by atoms with Crippen molar-refractivity contribution in [1.82, 2.24) is 0 Å². The lowest BCUT2D eigenvalue weighted by Crippen LogP contribution is -2.06. The zero-order chi connectivity index (χ0) is 9.68. The van der Waals surface area contributed by atoms with Crippen LogP contribution >= 0.6 is 0 Å². The molecule has 13 heavy (non-hydrogen) atoms. The molecule has 0 heterocycles. The average molecular weight is 179 g/mol. The molecule has 0 aromatic heterocycles. The van der Waals surface area contributed by atoms with Crippen LogP contribution in [0.1, 0.15) is 25.0 Å². The quantitative estimate of drug-likeness (QED) is 0.721. The van der Waals surface area contributed by atoms with Crippen molar-refractivity contribution in [3.8, 4) is 0 Å². The predicted molar refractivity (Wildman–Crippen MR) is 51.3 cm³/mol. The van der Waals surface area contributed by atoms with Crippen molar-refractivity contribution in [3.05, 3.63) is 40.8 Å². The SMILES string of the molecule is CC(CC(O)c1ccccc1)N=O. The summed E-state index contributed by atoms with van der Waals surface area (Å²) in [6.07, 6.45) is -0.207. The number of nitroso groups, excluding NO2 is 1. The monoisotopic (exact) mass is 179 g/mol. The van der Waals surface area contributed by atoms with Crippen LogP contribution in [0.5, 0.6) is 0 Å². The van der Waals surface area contributed by atoms with Gasteiger partial charge >= 0.3 is 0 Å². The van der Waals surface area contributed by atoms with Gasteiger partial charge in [0.25, 0.3) is 0 Å². The topological polar surface area (TPSA) is 49.7 Å².